The molecule has 0 unspecified atom stereocenters. The Morgan fingerprint density at radius 1 is 1.00 bits per heavy atom. The van der Waals surface area contributed by atoms with Crippen molar-refractivity contribution >= 4 is 11.6 Å². The molecule has 0 atom stereocenters. The van der Waals surface area contributed by atoms with Gasteiger partial charge in [-0.1, -0.05) is 30.3 Å². The van der Waals surface area contributed by atoms with E-state index in [1.54, 1.807) is 55.6 Å². The highest BCUT2D eigenvalue weighted by atomic mass is 16.5. The van der Waals surface area contributed by atoms with Gasteiger partial charge in [-0.15, -0.1) is 0 Å². The van der Waals surface area contributed by atoms with Gasteiger partial charge in [-0.25, -0.2) is 0 Å². The van der Waals surface area contributed by atoms with Crippen molar-refractivity contribution < 1.29 is 14.3 Å². The first-order valence-corrected chi connectivity index (χ1v) is 8.36. The highest BCUT2D eigenvalue weighted by Gasteiger charge is 2.09. The molecule has 5 heteroatoms. The van der Waals surface area contributed by atoms with Gasteiger partial charge in [0.2, 0.25) is 0 Å². The summed E-state index contributed by atoms with van der Waals surface area (Å²) in [6, 6.07) is 23.5. The number of rotatable bonds is 6. The number of amides is 1. The summed E-state index contributed by atoms with van der Waals surface area (Å²) in [7, 11) is 1.58. The summed E-state index contributed by atoms with van der Waals surface area (Å²) in [5, 5.41) is 12.0. The Balaban J connectivity index is 1.69. The van der Waals surface area contributed by atoms with E-state index in [2.05, 4.69) is 11.4 Å². The first-order valence-electron chi connectivity index (χ1n) is 8.36. The quantitative estimate of drug-likeness (QED) is 0.709. The van der Waals surface area contributed by atoms with E-state index in [-0.39, 0.29) is 12.5 Å². The van der Waals surface area contributed by atoms with Crippen LogP contribution in [-0.4, -0.2) is 13.0 Å². The smallest absolute Gasteiger partial charge is 0.255 e. The van der Waals surface area contributed by atoms with E-state index >= 15 is 0 Å². The Kier molecular flexibility index (Phi) is 5.70. The van der Waals surface area contributed by atoms with Crippen molar-refractivity contribution in [3.05, 3.63) is 89.5 Å². The molecule has 0 bridgehead atoms. The number of carbonyl (C=O) groups is 1. The van der Waals surface area contributed by atoms with E-state index in [9.17, 15) is 4.79 Å². The largest absolute Gasteiger partial charge is 0.497 e. The minimum absolute atomic E-state index is 0.244. The Morgan fingerprint density at radius 3 is 2.59 bits per heavy atom. The molecule has 0 spiro atoms. The van der Waals surface area contributed by atoms with E-state index < -0.39 is 0 Å². The summed E-state index contributed by atoms with van der Waals surface area (Å²) in [5.74, 6) is 0.980. The van der Waals surface area contributed by atoms with Gasteiger partial charge < -0.3 is 14.8 Å². The summed E-state index contributed by atoms with van der Waals surface area (Å²) in [5.41, 5.74) is 2.49. The van der Waals surface area contributed by atoms with Crippen LogP contribution in [0.3, 0.4) is 0 Å². The number of ether oxygens (including phenoxy) is 2. The number of anilines is 1. The van der Waals surface area contributed by atoms with Crippen molar-refractivity contribution in [1.29, 1.82) is 5.26 Å². The summed E-state index contributed by atoms with van der Waals surface area (Å²) in [4.78, 5) is 12.5. The monoisotopic (exact) mass is 358 g/mol. The van der Waals surface area contributed by atoms with Gasteiger partial charge in [0.1, 0.15) is 18.1 Å². The molecule has 0 radical (unpaired) electrons. The maximum Gasteiger partial charge on any atom is 0.255 e. The molecule has 3 aromatic rings. The van der Waals surface area contributed by atoms with E-state index in [1.165, 1.54) is 0 Å². The van der Waals surface area contributed by atoms with Crippen molar-refractivity contribution in [3.8, 4) is 17.6 Å². The van der Waals surface area contributed by atoms with Gasteiger partial charge in [0.15, 0.2) is 0 Å². The van der Waals surface area contributed by atoms with Crippen LogP contribution in [-0.2, 0) is 6.61 Å². The third kappa shape index (κ3) is 4.65. The molecule has 0 saturated heterocycles. The zero-order valence-electron chi connectivity index (χ0n) is 14.8. The van der Waals surface area contributed by atoms with Gasteiger partial charge in [0.25, 0.3) is 5.91 Å². The minimum Gasteiger partial charge on any atom is -0.497 e. The number of carbonyl (C=O) groups excluding carboxylic acids is 1. The van der Waals surface area contributed by atoms with Crippen molar-refractivity contribution in [2.45, 2.75) is 6.61 Å². The summed E-state index contributed by atoms with van der Waals surface area (Å²) >= 11 is 0. The lowest BCUT2D eigenvalue weighted by atomic mass is 10.1. The normalized spacial score (nSPS) is 9.93. The van der Waals surface area contributed by atoms with Gasteiger partial charge in [0.05, 0.1) is 18.7 Å². The molecule has 1 N–H and O–H groups in total. The third-order valence-corrected chi connectivity index (χ3v) is 3.96. The van der Waals surface area contributed by atoms with Crippen LogP contribution in [0.25, 0.3) is 0 Å². The van der Waals surface area contributed by atoms with Crippen molar-refractivity contribution in [1.82, 2.24) is 0 Å². The van der Waals surface area contributed by atoms with Gasteiger partial charge in [0, 0.05) is 22.9 Å². The van der Waals surface area contributed by atoms with E-state index in [4.69, 9.17) is 14.7 Å². The summed E-state index contributed by atoms with van der Waals surface area (Å²) in [6.07, 6.45) is 0. The van der Waals surface area contributed by atoms with Crippen LogP contribution >= 0.6 is 0 Å². The van der Waals surface area contributed by atoms with E-state index in [0.717, 1.165) is 5.56 Å². The lowest BCUT2D eigenvalue weighted by Gasteiger charge is -2.10. The molecule has 5 nitrogen and oxygen atoms in total. The highest BCUT2D eigenvalue weighted by molar-refractivity contribution is 6.04. The molecule has 3 aromatic carbocycles. The maximum atomic E-state index is 12.5. The van der Waals surface area contributed by atoms with Crippen molar-refractivity contribution in [2.24, 2.45) is 0 Å². The lowest BCUT2D eigenvalue weighted by molar-refractivity contribution is 0.102. The molecule has 0 aliphatic rings. The summed E-state index contributed by atoms with van der Waals surface area (Å²) < 4.78 is 10.9. The third-order valence-electron chi connectivity index (χ3n) is 3.96. The Hall–Kier alpha value is -3.78. The van der Waals surface area contributed by atoms with Gasteiger partial charge >= 0.3 is 0 Å². The standard InChI is InChI=1S/C22H18N2O3/c1-26-20-10-5-9-19(13-20)24-22(25)16-8-4-11-21(12-16)27-15-18-7-3-2-6-17(18)14-23/h2-13H,15H2,1H3,(H,24,25). The van der Waals surface area contributed by atoms with Gasteiger partial charge in [-0.05, 0) is 36.4 Å². The van der Waals surface area contributed by atoms with Crippen LogP contribution < -0.4 is 14.8 Å². The number of benzene rings is 3. The second-order valence-corrected chi connectivity index (χ2v) is 5.77. The summed E-state index contributed by atoms with van der Waals surface area (Å²) in [6.45, 7) is 0.255. The first-order chi connectivity index (χ1) is 13.2. The average Bonchev–Trinajstić information content (AvgIpc) is 2.72. The molecule has 0 fully saturated rings. The number of methoxy groups -OCH3 is 1. The number of nitrogens with zero attached hydrogens (tertiary/aromatic N) is 1. The lowest BCUT2D eigenvalue weighted by Crippen LogP contribution is -2.12. The molecule has 0 aliphatic heterocycles. The second kappa shape index (κ2) is 8.54. The van der Waals surface area contributed by atoms with Crippen LogP contribution in [0, 0.1) is 11.3 Å². The van der Waals surface area contributed by atoms with E-state index in [1.807, 2.05) is 24.3 Å². The van der Waals surface area contributed by atoms with Gasteiger partial charge in [-0.2, -0.15) is 5.26 Å². The zero-order chi connectivity index (χ0) is 19.1. The van der Waals surface area contributed by atoms with Crippen LogP contribution in [0.2, 0.25) is 0 Å². The highest BCUT2D eigenvalue weighted by Crippen LogP contribution is 2.20. The average molecular weight is 358 g/mol. The second-order valence-electron chi connectivity index (χ2n) is 5.77. The van der Waals surface area contributed by atoms with Crippen molar-refractivity contribution in [3.63, 3.8) is 0 Å². The fraction of sp³-hybridized carbons (Fsp3) is 0.0909. The maximum absolute atomic E-state index is 12.5. The molecule has 0 aromatic heterocycles. The first kappa shape index (κ1) is 18.0. The van der Waals surface area contributed by atoms with Crippen LogP contribution in [0.1, 0.15) is 21.5 Å². The molecule has 134 valence electrons. The predicted octanol–water partition coefficient (Wildman–Crippen LogP) is 4.40. The fourth-order valence-electron chi connectivity index (χ4n) is 2.55. The molecule has 27 heavy (non-hydrogen) atoms. The molecule has 0 saturated carbocycles. The van der Waals surface area contributed by atoms with E-state index in [0.29, 0.717) is 28.3 Å². The minimum atomic E-state index is -0.244. The fourth-order valence-corrected chi connectivity index (χ4v) is 2.55. The SMILES string of the molecule is COc1cccc(NC(=O)c2cccc(OCc3ccccc3C#N)c2)c1. The number of hydrogen-bond acceptors (Lipinski definition) is 4. The Labute approximate surface area is 157 Å². The number of hydrogen-bond donors (Lipinski definition) is 1. The van der Waals surface area contributed by atoms with Crippen LogP contribution in [0.5, 0.6) is 11.5 Å². The molecule has 0 aliphatic carbocycles. The Bertz CT molecular complexity index is 993. The molecule has 1 amide bonds. The molecule has 3 rings (SSSR count). The molecular formula is C22H18N2O3. The van der Waals surface area contributed by atoms with Crippen LogP contribution in [0.15, 0.2) is 72.8 Å². The van der Waals surface area contributed by atoms with Crippen LogP contribution in [0.4, 0.5) is 5.69 Å². The number of nitriles is 1. The molecule has 0 heterocycles. The molecular weight excluding hydrogens is 340 g/mol. The zero-order valence-corrected chi connectivity index (χ0v) is 14.8. The Morgan fingerprint density at radius 2 is 1.78 bits per heavy atom. The van der Waals surface area contributed by atoms with Crippen molar-refractivity contribution in [2.75, 3.05) is 12.4 Å². The number of nitrogens with one attached hydrogen (secondary N) is 1. The topological polar surface area (TPSA) is 71.3 Å². The predicted molar refractivity (Wildman–Crippen MR) is 103 cm³/mol. The van der Waals surface area contributed by atoms with Gasteiger partial charge in [-0.3, -0.25) is 4.79 Å².